The SMILES string of the molecule is CC(C)(C)C1=Nc2ccccc2OC2=C1CCNC2. The Kier molecular flexibility index (Phi) is 2.94. The standard InChI is InChI=1S/C16H20N2O/c1-16(2,3)15-11-8-9-17-10-14(11)19-13-7-5-4-6-12(13)18-15/h4-7,17H,8-10H2,1-3H3. The second kappa shape index (κ2) is 4.49. The number of benzene rings is 1. The minimum atomic E-state index is 0.0265. The minimum absolute atomic E-state index is 0.0265. The first-order valence-corrected chi connectivity index (χ1v) is 6.85. The molecule has 2 aliphatic heterocycles. The van der Waals surface area contributed by atoms with Crippen molar-refractivity contribution in [3.05, 3.63) is 35.6 Å². The lowest BCUT2D eigenvalue weighted by molar-refractivity contribution is 0.388. The number of ether oxygens (including phenoxy) is 1. The highest BCUT2D eigenvalue weighted by Crippen LogP contribution is 2.38. The van der Waals surface area contributed by atoms with Crippen molar-refractivity contribution >= 4 is 11.4 Å². The van der Waals surface area contributed by atoms with Gasteiger partial charge in [0.15, 0.2) is 5.75 Å². The molecule has 19 heavy (non-hydrogen) atoms. The molecule has 0 amide bonds. The van der Waals surface area contributed by atoms with Gasteiger partial charge in [-0.15, -0.1) is 0 Å². The first-order valence-electron chi connectivity index (χ1n) is 6.85. The van der Waals surface area contributed by atoms with Gasteiger partial charge in [0.2, 0.25) is 0 Å². The normalized spacial score (nSPS) is 19.0. The highest BCUT2D eigenvalue weighted by atomic mass is 16.5. The Bertz CT molecular complexity index is 564. The lowest BCUT2D eigenvalue weighted by Crippen LogP contribution is -2.33. The molecule has 0 aromatic heterocycles. The number of para-hydroxylation sites is 2. The van der Waals surface area contributed by atoms with E-state index in [1.807, 2.05) is 24.3 Å². The van der Waals surface area contributed by atoms with E-state index in [2.05, 4.69) is 26.1 Å². The minimum Gasteiger partial charge on any atom is -0.458 e. The van der Waals surface area contributed by atoms with E-state index in [1.165, 1.54) is 5.57 Å². The summed E-state index contributed by atoms with van der Waals surface area (Å²) < 4.78 is 6.09. The van der Waals surface area contributed by atoms with Crippen molar-refractivity contribution in [1.82, 2.24) is 5.32 Å². The Morgan fingerprint density at radius 3 is 2.79 bits per heavy atom. The van der Waals surface area contributed by atoms with E-state index in [9.17, 15) is 0 Å². The van der Waals surface area contributed by atoms with E-state index in [1.54, 1.807) is 0 Å². The van der Waals surface area contributed by atoms with Gasteiger partial charge in [-0.05, 0) is 25.1 Å². The lowest BCUT2D eigenvalue weighted by atomic mass is 9.83. The van der Waals surface area contributed by atoms with Gasteiger partial charge in [-0.1, -0.05) is 32.9 Å². The van der Waals surface area contributed by atoms with Crippen molar-refractivity contribution in [2.75, 3.05) is 13.1 Å². The third-order valence-electron chi connectivity index (χ3n) is 3.50. The molecule has 0 fully saturated rings. The van der Waals surface area contributed by atoms with Gasteiger partial charge >= 0.3 is 0 Å². The molecule has 2 heterocycles. The van der Waals surface area contributed by atoms with Crippen LogP contribution in [0.4, 0.5) is 5.69 Å². The second-order valence-electron chi connectivity index (χ2n) is 6.11. The van der Waals surface area contributed by atoms with E-state index in [4.69, 9.17) is 9.73 Å². The molecule has 0 saturated carbocycles. The first-order chi connectivity index (χ1) is 9.05. The van der Waals surface area contributed by atoms with Gasteiger partial charge in [0.05, 0.1) is 12.3 Å². The number of fused-ring (bicyclic) bond motifs is 1. The fraction of sp³-hybridized carbons (Fsp3) is 0.438. The summed E-state index contributed by atoms with van der Waals surface area (Å²) in [5, 5.41) is 3.38. The summed E-state index contributed by atoms with van der Waals surface area (Å²) in [4.78, 5) is 4.90. The van der Waals surface area contributed by atoms with Gasteiger partial charge in [-0.25, -0.2) is 4.99 Å². The number of rotatable bonds is 0. The Morgan fingerprint density at radius 1 is 1.21 bits per heavy atom. The third kappa shape index (κ3) is 2.30. The molecule has 1 N–H and O–H groups in total. The number of hydrogen-bond donors (Lipinski definition) is 1. The third-order valence-corrected chi connectivity index (χ3v) is 3.50. The van der Waals surface area contributed by atoms with Crippen molar-refractivity contribution < 1.29 is 4.74 Å². The average molecular weight is 256 g/mol. The zero-order valence-electron chi connectivity index (χ0n) is 11.8. The van der Waals surface area contributed by atoms with E-state index >= 15 is 0 Å². The number of hydrogen-bond acceptors (Lipinski definition) is 3. The molecule has 3 nitrogen and oxygen atoms in total. The zero-order chi connectivity index (χ0) is 13.5. The molecule has 0 atom stereocenters. The predicted molar refractivity (Wildman–Crippen MR) is 78.1 cm³/mol. The highest BCUT2D eigenvalue weighted by Gasteiger charge is 2.30. The molecule has 0 radical (unpaired) electrons. The van der Waals surface area contributed by atoms with Crippen molar-refractivity contribution in [3.8, 4) is 5.75 Å². The maximum atomic E-state index is 6.09. The summed E-state index contributed by atoms with van der Waals surface area (Å²) >= 11 is 0. The summed E-state index contributed by atoms with van der Waals surface area (Å²) in [5.41, 5.74) is 3.40. The van der Waals surface area contributed by atoms with Gasteiger partial charge in [-0.2, -0.15) is 0 Å². The van der Waals surface area contributed by atoms with Crippen LogP contribution in [-0.2, 0) is 0 Å². The predicted octanol–water partition coefficient (Wildman–Crippen LogP) is 3.45. The summed E-state index contributed by atoms with van der Waals surface area (Å²) in [6.07, 6.45) is 0.986. The monoisotopic (exact) mass is 256 g/mol. The van der Waals surface area contributed by atoms with Crippen LogP contribution in [-0.4, -0.2) is 18.8 Å². The Balaban J connectivity index is 2.19. The highest BCUT2D eigenvalue weighted by molar-refractivity contribution is 6.06. The largest absolute Gasteiger partial charge is 0.458 e. The van der Waals surface area contributed by atoms with Gasteiger partial charge in [0, 0.05) is 11.0 Å². The van der Waals surface area contributed by atoms with Crippen LogP contribution in [0.15, 0.2) is 40.6 Å². The average Bonchev–Trinajstić information content (AvgIpc) is 2.54. The van der Waals surface area contributed by atoms with Crippen molar-refractivity contribution in [1.29, 1.82) is 0 Å². The van der Waals surface area contributed by atoms with Crippen LogP contribution in [0.25, 0.3) is 0 Å². The van der Waals surface area contributed by atoms with Crippen molar-refractivity contribution in [3.63, 3.8) is 0 Å². The lowest BCUT2D eigenvalue weighted by Gasteiger charge is -2.27. The molecule has 0 unspecified atom stereocenters. The molecule has 100 valence electrons. The molecule has 1 aromatic carbocycles. The van der Waals surface area contributed by atoms with Crippen LogP contribution in [0.3, 0.4) is 0 Å². The number of aliphatic imine (C=N–C) groups is 1. The van der Waals surface area contributed by atoms with E-state index in [0.717, 1.165) is 42.4 Å². The van der Waals surface area contributed by atoms with Crippen LogP contribution in [0, 0.1) is 5.41 Å². The van der Waals surface area contributed by atoms with Crippen LogP contribution < -0.4 is 10.1 Å². The fourth-order valence-electron chi connectivity index (χ4n) is 2.59. The van der Waals surface area contributed by atoms with E-state index in [0.29, 0.717) is 0 Å². The van der Waals surface area contributed by atoms with Crippen LogP contribution >= 0.6 is 0 Å². The molecule has 0 saturated heterocycles. The molecule has 1 aromatic rings. The van der Waals surface area contributed by atoms with Crippen molar-refractivity contribution in [2.45, 2.75) is 27.2 Å². The Morgan fingerprint density at radius 2 is 2.00 bits per heavy atom. The molecule has 0 bridgehead atoms. The number of nitrogens with zero attached hydrogens (tertiary/aromatic N) is 1. The second-order valence-corrected chi connectivity index (χ2v) is 6.11. The first kappa shape index (κ1) is 12.4. The van der Waals surface area contributed by atoms with Crippen LogP contribution in [0.1, 0.15) is 27.2 Å². The molecule has 2 aliphatic rings. The summed E-state index contributed by atoms with van der Waals surface area (Å²) in [6.45, 7) is 8.43. The molecular formula is C16H20N2O. The van der Waals surface area contributed by atoms with Gasteiger partial charge in [0.1, 0.15) is 11.4 Å². The maximum absolute atomic E-state index is 6.09. The van der Waals surface area contributed by atoms with Crippen molar-refractivity contribution in [2.24, 2.45) is 10.4 Å². The van der Waals surface area contributed by atoms with E-state index in [-0.39, 0.29) is 5.41 Å². The fourth-order valence-corrected chi connectivity index (χ4v) is 2.59. The summed E-state index contributed by atoms with van der Waals surface area (Å²) in [5.74, 6) is 1.89. The molecule has 0 spiro atoms. The van der Waals surface area contributed by atoms with Crippen LogP contribution in [0.2, 0.25) is 0 Å². The maximum Gasteiger partial charge on any atom is 0.152 e. The van der Waals surface area contributed by atoms with E-state index < -0.39 is 0 Å². The summed E-state index contributed by atoms with van der Waals surface area (Å²) in [7, 11) is 0. The Hall–Kier alpha value is -1.61. The summed E-state index contributed by atoms with van der Waals surface area (Å²) in [6, 6.07) is 8.01. The zero-order valence-corrected chi connectivity index (χ0v) is 11.8. The molecular weight excluding hydrogens is 236 g/mol. The molecule has 3 rings (SSSR count). The van der Waals surface area contributed by atoms with Crippen LogP contribution in [0.5, 0.6) is 5.75 Å². The molecule has 0 aliphatic carbocycles. The molecule has 3 heteroatoms. The van der Waals surface area contributed by atoms with Gasteiger partial charge < -0.3 is 10.1 Å². The number of nitrogens with one attached hydrogen (secondary N) is 1. The smallest absolute Gasteiger partial charge is 0.152 e. The topological polar surface area (TPSA) is 33.6 Å². The quantitative estimate of drug-likeness (QED) is 0.771. The van der Waals surface area contributed by atoms with Gasteiger partial charge in [0.25, 0.3) is 0 Å². The Labute approximate surface area is 114 Å². The van der Waals surface area contributed by atoms with Gasteiger partial charge in [-0.3, -0.25) is 0 Å².